The number of benzene rings is 1. The largest absolute Gasteiger partial charge is 0.495 e. The Morgan fingerprint density at radius 2 is 2.33 bits per heavy atom. The van der Waals surface area contributed by atoms with Gasteiger partial charge in [-0.1, -0.05) is 12.1 Å². The summed E-state index contributed by atoms with van der Waals surface area (Å²) >= 11 is 0. The lowest BCUT2D eigenvalue weighted by atomic mass is 10.0. The summed E-state index contributed by atoms with van der Waals surface area (Å²) in [5, 5.41) is 9.82. The smallest absolute Gasteiger partial charge is 0.142 e. The van der Waals surface area contributed by atoms with E-state index < -0.39 is 6.10 Å². The molecule has 15 heavy (non-hydrogen) atoms. The predicted octanol–water partition coefficient (Wildman–Crippen LogP) is 1.72. The molecule has 0 aromatic heterocycles. The van der Waals surface area contributed by atoms with Crippen LogP contribution in [0.5, 0.6) is 5.75 Å². The molecule has 1 aromatic rings. The van der Waals surface area contributed by atoms with Gasteiger partial charge in [0.25, 0.3) is 0 Å². The van der Waals surface area contributed by atoms with E-state index in [1.807, 2.05) is 0 Å². The van der Waals surface area contributed by atoms with E-state index in [1.54, 1.807) is 25.3 Å². The summed E-state index contributed by atoms with van der Waals surface area (Å²) in [4.78, 5) is 0. The Balaban J connectivity index is 2.89. The van der Waals surface area contributed by atoms with E-state index in [-0.39, 0.29) is 0 Å². The molecular weight excluding hydrogens is 190 g/mol. The quantitative estimate of drug-likeness (QED) is 0.581. The lowest BCUT2D eigenvalue weighted by molar-refractivity contribution is 0.170. The molecule has 0 heterocycles. The molecule has 1 aromatic carbocycles. The Bertz CT molecular complexity index is 368. The lowest BCUT2D eigenvalue weighted by Gasteiger charge is -2.14. The van der Waals surface area contributed by atoms with Crippen LogP contribution in [0.2, 0.25) is 0 Å². The zero-order valence-corrected chi connectivity index (χ0v) is 8.73. The minimum Gasteiger partial charge on any atom is -0.495 e. The highest BCUT2D eigenvalue weighted by molar-refractivity contribution is 5.59. The monoisotopic (exact) mass is 205 g/mol. The van der Waals surface area contributed by atoms with Gasteiger partial charge in [0.15, 0.2) is 0 Å². The molecule has 0 spiro atoms. The number of anilines is 1. The third kappa shape index (κ3) is 2.64. The third-order valence-corrected chi connectivity index (χ3v) is 2.24. The molecule has 3 N–H and O–H groups in total. The maximum atomic E-state index is 9.82. The van der Waals surface area contributed by atoms with Crippen molar-refractivity contribution in [3.05, 3.63) is 23.8 Å². The Labute approximate surface area is 89.9 Å². The van der Waals surface area contributed by atoms with Gasteiger partial charge in [-0.3, -0.25) is 0 Å². The number of nitrogen functional groups attached to an aromatic ring is 1. The van der Waals surface area contributed by atoms with Crippen molar-refractivity contribution in [2.24, 2.45) is 0 Å². The Kier molecular flexibility index (Phi) is 4.02. The van der Waals surface area contributed by atoms with Crippen molar-refractivity contribution in [2.75, 3.05) is 12.8 Å². The second-order valence-corrected chi connectivity index (χ2v) is 3.22. The summed E-state index contributed by atoms with van der Waals surface area (Å²) in [5.74, 6) is 3.06. The number of aliphatic hydroxyl groups is 1. The van der Waals surface area contributed by atoms with Crippen molar-refractivity contribution >= 4 is 5.69 Å². The first-order chi connectivity index (χ1) is 7.20. The highest BCUT2D eigenvalue weighted by Crippen LogP contribution is 2.31. The normalized spacial score (nSPS) is 11.8. The van der Waals surface area contributed by atoms with Crippen LogP contribution in [0.3, 0.4) is 0 Å². The summed E-state index contributed by atoms with van der Waals surface area (Å²) in [5.41, 5.74) is 6.98. The van der Waals surface area contributed by atoms with Crippen molar-refractivity contribution < 1.29 is 9.84 Å². The zero-order valence-electron chi connectivity index (χ0n) is 8.73. The molecule has 1 atom stereocenters. The molecule has 3 nitrogen and oxygen atoms in total. The molecule has 0 aliphatic heterocycles. The predicted molar refractivity (Wildman–Crippen MR) is 60.4 cm³/mol. The van der Waals surface area contributed by atoms with Gasteiger partial charge in [-0.2, -0.15) is 0 Å². The highest BCUT2D eigenvalue weighted by Gasteiger charge is 2.12. The van der Waals surface area contributed by atoms with Gasteiger partial charge >= 0.3 is 0 Å². The molecule has 0 saturated heterocycles. The first-order valence-electron chi connectivity index (χ1n) is 4.74. The molecule has 1 rings (SSSR count). The van der Waals surface area contributed by atoms with Gasteiger partial charge in [-0.25, -0.2) is 0 Å². The van der Waals surface area contributed by atoms with Crippen LogP contribution in [-0.2, 0) is 0 Å². The lowest BCUT2D eigenvalue weighted by Crippen LogP contribution is -2.03. The number of methoxy groups -OCH3 is 1. The topological polar surface area (TPSA) is 55.5 Å². The fourth-order valence-corrected chi connectivity index (χ4v) is 1.41. The maximum absolute atomic E-state index is 9.82. The Morgan fingerprint density at radius 1 is 1.60 bits per heavy atom. The minimum atomic E-state index is -0.629. The Hall–Kier alpha value is -1.66. The van der Waals surface area contributed by atoms with E-state index in [0.29, 0.717) is 29.8 Å². The van der Waals surface area contributed by atoms with E-state index >= 15 is 0 Å². The van der Waals surface area contributed by atoms with Crippen LogP contribution < -0.4 is 10.5 Å². The van der Waals surface area contributed by atoms with E-state index in [2.05, 4.69) is 5.92 Å². The van der Waals surface area contributed by atoms with Crippen LogP contribution in [0.4, 0.5) is 5.69 Å². The van der Waals surface area contributed by atoms with Gasteiger partial charge < -0.3 is 15.6 Å². The number of hydrogen-bond acceptors (Lipinski definition) is 3. The van der Waals surface area contributed by atoms with Crippen molar-refractivity contribution in [1.29, 1.82) is 0 Å². The zero-order chi connectivity index (χ0) is 11.3. The van der Waals surface area contributed by atoms with E-state index in [4.69, 9.17) is 16.9 Å². The summed E-state index contributed by atoms with van der Waals surface area (Å²) < 4.78 is 5.06. The van der Waals surface area contributed by atoms with Gasteiger partial charge in [-0.15, -0.1) is 12.3 Å². The molecule has 80 valence electrons. The van der Waals surface area contributed by atoms with E-state index in [1.165, 1.54) is 0 Å². The highest BCUT2D eigenvalue weighted by atomic mass is 16.5. The number of ether oxygens (including phenoxy) is 1. The first-order valence-corrected chi connectivity index (χ1v) is 4.74. The van der Waals surface area contributed by atoms with Crippen LogP contribution in [-0.4, -0.2) is 12.2 Å². The molecular formula is C12H15NO2. The molecule has 0 aliphatic carbocycles. The van der Waals surface area contributed by atoms with Crippen molar-refractivity contribution in [3.63, 3.8) is 0 Å². The summed E-state index contributed by atoms with van der Waals surface area (Å²) in [6.07, 6.45) is 5.54. The third-order valence-electron chi connectivity index (χ3n) is 2.24. The van der Waals surface area contributed by atoms with Gasteiger partial charge in [0.05, 0.1) is 18.9 Å². The fraction of sp³-hybridized carbons (Fsp3) is 0.333. The number of aliphatic hydroxyl groups excluding tert-OH is 1. The molecule has 0 fully saturated rings. The van der Waals surface area contributed by atoms with Crippen molar-refractivity contribution in [1.82, 2.24) is 0 Å². The van der Waals surface area contributed by atoms with Gasteiger partial charge in [0.1, 0.15) is 5.75 Å². The fourth-order valence-electron chi connectivity index (χ4n) is 1.41. The molecule has 0 saturated carbocycles. The Morgan fingerprint density at radius 3 is 2.93 bits per heavy atom. The average Bonchev–Trinajstić information content (AvgIpc) is 2.26. The molecule has 0 radical (unpaired) electrons. The van der Waals surface area contributed by atoms with Crippen LogP contribution in [0.1, 0.15) is 24.5 Å². The molecule has 0 aliphatic rings. The van der Waals surface area contributed by atoms with Crippen molar-refractivity contribution in [3.8, 4) is 18.1 Å². The molecule has 3 heteroatoms. The maximum Gasteiger partial charge on any atom is 0.142 e. The molecule has 0 amide bonds. The van der Waals surface area contributed by atoms with Gasteiger partial charge in [0.2, 0.25) is 0 Å². The first kappa shape index (κ1) is 11.4. The SMILES string of the molecule is C#CCCC(O)c1cccc(OC)c1N. The van der Waals surface area contributed by atoms with Crippen LogP contribution in [0.15, 0.2) is 18.2 Å². The summed E-state index contributed by atoms with van der Waals surface area (Å²) in [6.45, 7) is 0. The second kappa shape index (κ2) is 5.28. The average molecular weight is 205 g/mol. The number of para-hydroxylation sites is 1. The van der Waals surface area contributed by atoms with Crippen LogP contribution in [0, 0.1) is 12.3 Å². The number of nitrogens with two attached hydrogens (primary N) is 1. The molecule has 1 unspecified atom stereocenters. The summed E-state index contributed by atoms with van der Waals surface area (Å²) in [7, 11) is 1.54. The van der Waals surface area contributed by atoms with Crippen molar-refractivity contribution in [2.45, 2.75) is 18.9 Å². The number of hydrogen-bond donors (Lipinski definition) is 2. The standard InChI is InChI=1S/C12H15NO2/c1-3-4-7-10(14)9-6-5-8-11(15-2)12(9)13/h1,5-6,8,10,14H,4,7,13H2,2H3. The van der Waals surface area contributed by atoms with Crippen LogP contribution in [0.25, 0.3) is 0 Å². The van der Waals surface area contributed by atoms with Gasteiger partial charge in [-0.05, 0) is 12.5 Å². The number of rotatable bonds is 4. The van der Waals surface area contributed by atoms with E-state index in [0.717, 1.165) is 0 Å². The minimum absolute atomic E-state index is 0.476. The summed E-state index contributed by atoms with van der Waals surface area (Å²) in [6, 6.07) is 5.33. The number of terminal acetylenes is 1. The van der Waals surface area contributed by atoms with Crippen LogP contribution >= 0.6 is 0 Å². The second-order valence-electron chi connectivity index (χ2n) is 3.22. The van der Waals surface area contributed by atoms with E-state index in [9.17, 15) is 5.11 Å². The molecule has 0 bridgehead atoms. The van der Waals surface area contributed by atoms with Gasteiger partial charge in [0, 0.05) is 12.0 Å².